The number of morpholine rings is 1. The van der Waals surface area contributed by atoms with Crippen LogP contribution < -0.4 is 10.2 Å². The van der Waals surface area contributed by atoms with E-state index < -0.39 is 0 Å². The molecule has 1 N–H and O–H groups in total. The molecule has 0 spiro atoms. The Balaban J connectivity index is 1.54. The monoisotopic (exact) mass is 373 g/mol. The van der Waals surface area contributed by atoms with Crippen molar-refractivity contribution in [2.24, 2.45) is 0 Å². The van der Waals surface area contributed by atoms with E-state index in [9.17, 15) is 5.26 Å². The van der Waals surface area contributed by atoms with Crippen LogP contribution >= 0.6 is 0 Å². The molecule has 6 heteroatoms. The van der Waals surface area contributed by atoms with Crippen LogP contribution in [0.3, 0.4) is 0 Å². The highest BCUT2D eigenvalue weighted by Crippen LogP contribution is 2.30. The molecule has 1 aliphatic rings. The van der Waals surface area contributed by atoms with Crippen LogP contribution in [-0.2, 0) is 4.74 Å². The van der Waals surface area contributed by atoms with E-state index >= 15 is 0 Å². The van der Waals surface area contributed by atoms with Crippen LogP contribution in [0.15, 0.2) is 48.8 Å². The van der Waals surface area contributed by atoms with Crippen molar-refractivity contribution in [1.29, 1.82) is 5.26 Å². The molecule has 1 saturated heterocycles. The number of nitrogens with one attached hydrogen (secondary N) is 1. The van der Waals surface area contributed by atoms with Gasteiger partial charge in [-0.1, -0.05) is 6.07 Å². The third-order valence-electron chi connectivity index (χ3n) is 4.96. The normalized spacial score (nSPS) is 19.4. The fraction of sp³-hybridized carbons (Fsp3) is 0.318. The lowest BCUT2D eigenvalue weighted by atomic mass is 10.1. The maximum atomic E-state index is 9.38. The summed E-state index contributed by atoms with van der Waals surface area (Å²) < 4.78 is 6.14. The summed E-state index contributed by atoms with van der Waals surface area (Å²) in [5, 5.41) is 13.8. The van der Waals surface area contributed by atoms with Gasteiger partial charge in [0.1, 0.15) is 11.9 Å². The minimum Gasteiger partial charge on any atom is -0.370 e. The number of fused-ring (bicyclic) bond motifs is 1. The van der Waals surface area contributed by atoms with Crippen LogP contribution in [0.4, 0.5) is 11.5 Å². The molecule has 3 aromatic rings. The first-order valence-corrected chi connectivity index (χ1v) is 9.49. The molecule has 3 heterocycles. The predicted molar refractivity (Wildman–Crippen MR) is 110 cm³/mol. The molecule has 0 aliphatic carbocycles. The largest absolute Gasteiger partial charge is 0.370 e. The molecule has 6 nitrogen and oxygen atoms in total. The summed E-state index contributed by atoms with van der Waals surface area (Å²) >= 11 is 0. The molecule has 0 bridgehead atoms. The quantitative estimate of drug-likeness (QED) is 0.754. The van der Waals surface area contributed by atoms with Gasteiger partial charge in [0.2, 0.25) is 0 Å². The summed E-state index contributed by atoms with van der Waals surface area (Å²) in [6.45, 7) is 6.36. The summed E-state index contributed by atoms with van der Waals surface area (Å²) in [5.74, 6) is 0.854. The number of aryl methyl sites for hydroxylation is 1. The molecule has 1 aromatic carbocycles. The SMILES string of the molecule is Cc1ccc(NC[C@@H]2CN(c3ccc(C#N)c4ncccc34)C[C@@H](C)O2)nc1. The van der Waals surface area contributed by atoms with Gasteiger partial charge in [-0.25, -0.2) is 4.98 Å². The van der Waals surface area contributed by atoms with Crippen molar-refractivity contribution in [2.75, 3.05) is 29.9 Å². The number of aromatic nitrogens is 2. The van der Waals surface area contributed by atoms with Crippen molar-refractivity contribution in [3.63, 3.8) is 0 Å². The summed E-state index contributed by atoms with van der Waals surface area (Å²) in [6, 6.07) is 14.1. The predicted octanol–water partition coefficient (Wildman–Crippen LogP) is 3.52. The number of nitriles is 1. The van der Waals surface area contributed by atoms with E-state index in [-0.39, 0.29) is 12.2 Å². The number of rotatable bonds is 4. The van der Waals surface area contributed by atoms with Gasteiger partial charge >= 0.3 is 0 Å². The molecular weight excluding hydrogens is 350 g/mol. The Morgan fingerprint density at radius 2 is 2.11 bits per heavy atom. The Morgan fingerprint density at radius 1 is 1.21 bits per heavy atom. The van der Waals surface area contributed by atoms with Crippen LogP contribution in [0.2, 0.25) is 0 Å². The van der Waals surface area contributed by atoms with E-state index in [0.29, 0.717) is 12.1 Å². The van der Waals surface area contributed by atoms with Gasteiger partial charge in [-0.05, 0) is 49.7 Å². The molecule has 0 saturated carbocycles. The van der Waals surface area contributed by atoms with E-state index in [2.05, 4.69) is 33.2 Å². The molecular formula is C22H23N5O. The van der Waals surface area contributed by atoms with Crippen LogP contribution in [0.25, 0.3) is 10.9 Å². The summed E-state index contributed by atoms with van der Waals surface area (Å²) in [5.41, 5.74) is 3.58. The van der Waals surface area contributed by atoms with Crippen molar-refractivity contribution >= 4 is 22.4 Å². The maximum absolute atomic E-state index is 9.38. The number of anilines is 2. The first kappa shape index (κ1) is 18.2. The summed E-state index contributed by atoms with van der Waals surface area (Å²) in [4.78, 5) is 11.2. The standard InChI is InChI=1S/C22H23N5O/c1-15-5-8-21(25-11-15)26-12-18-14-27(13-16(2)28-18)20-7-6-17(10-23)22-19(20)4-3-9-24-22/h3-9,11,16,18H,12-14H2,1-2H3,(H,25,26)/t16-,18-/m1/s1. The zero-order valence-corrected chi connectivity index (χ0v) is 16.1. The van der Waals surface area contributed by atoms with Gasteiger partial charge in [0.15, 0.2) is 0 Å². The lowest BCUT2D eigenvalue weighted by molar-refractivity contribution is -0.00823. The first-order valence-electron chi connectivity index (χ1n) is 9.49. The highest BCUT2D eigenvalue weighted by Gasteiger charge is 2.26. The van der Waals surface area contributed by atoms with Crippen molar-refractivity contribution in [2.45, 2.75) is 26.1 Å². The molecule has 4 rings (SSSR count). The summed E-state index contributed by atoms with van der Waals surface area (Å²) in [6.07, 6.45) is 3.73. The molecule has 1 aliphatic heterocycles. The number of hydrogen-bond donors (Lipinski definition) is 1. The average Bonchev–Trinajstić information content (AvgIpc) is 2.72. The fourth-order valence-electron chi connectivity index (χ4n) is 3.67. The molecule has 2 atom stereocenters. The Kier molecular flexibility index (Phi) is 5.09. The van der Waals surface area contributed by atoms with E-state index in [0.717, 1.165) is 41.1 Å². The van der Waals surface area contributed by atoms with Crippen LogP contribution in [-0.4, -0.2) is 41.8 Å². The molecule has 2 aromatic heterocycles. The summed E-state index contributed by atoms with van der Waals surface area (Å²) in [7, 11) is 0. The minimum atomic E-state index is 0.0363. The van der Waals surface area contributed by atoms with Gasteiger partial charge in [-0.2, -0.15) is 5.26 Å². The van der Waals surface area contributed by atoms with Crippen LogP contribution in [0, 0.1) is 18.3 Å². The Labute approximate surface area is 164 Å². The number of benzene rings is 1. The Morgan fingerprint density at radius 3 is 2.89 bits per heavy atom. The van der Waals surface area contributed by atoms with E-state index in [1.165, 1.54) is 0 Å². The second kappa shape index (κ2) is 7.83. The molecule has 0 unspecified atom stereocenters. The average molecular weight is 373 g/mol. The second-order valence-corrected chi connectivity index (χ2v) is 7.22. The van der Waals surface area contributed by atoms with Crippen molar-refractivity contribution in [3.05, 3.63) is 59.9 Å². The smallest absolute Gasteiger partial charge is 0.125 e. The minimum absolute atomic E-state index is 0.0363. The third kappa shape index (κ3) is 3.75. The fourth-order valence-corrected chi connectivity index (χ4v) is 3.67. The topological polar surface area (TPSA) is 74.1 Å². The van der Waals surface area contributed by atoms with Crippen molar-refractivity contribution in [3.8, 4) is 6.07 Å². The molecule has 0 amide bonds. The van der Waals surface area contributed by atoms with Crippen molar-refractivity contribution in [1.82, 2.24) is 9.97 Å². The second-order valence-electron chi connectivity index (χ2n) is 7.22. The highest BCUT2D eigenvalue weighted by molar-refractivity contribution is 5.95. The maximum Gasteiger partial charge on any atom is 0.125 e. The van der Waals surface area contributed by atoms with Crippen LogP contribution in [0.5, 0.6) is 0 Å². The number of hydrogen-bond acceptors (Lipinski definition) is 6. The van der Waals surface area contributed by atoms with Gasteiger partial charge in [0.05, 0.1) is 23.3 Å². The molecule has 142 valence electrons. The molecule has 1 fully saturated rings. The third-order valence-corrected chi connectivity index (χ3v) is 4.96. The van der Waals surface area contributed by atoms with Crippen molar-refractivity contribution < 1.29 is 4.74 Å². The number of pyridine rings is 2. The van der Waals surface area contributed by atoms with Gasteiger partial charge in [0, 0.05) is 43.1 Å². The zero-order valence-electron chi connectivity index (χ0n) is 16.1. The first-order chi connectivity index (χ1) is 13.6. The van der Waals surface area contributed by atoms with E-state index in [1.54, 1.807) is 6.20 Å². The van der Waals surface area contributed by atoms with Gasteiger partial charge in [-0.3, -0.25) is 4.98 Å². The number of ether oxygens (including phenoxy) is 1. The van der Waals surface area contributed by atoms with Gasteiger partial charge < -0.3 is 15.0 Å². The van der Waals surface area contributed by atoms with Gasteiger partial charge in [-0.15, -0.1) is 0 Å². The van der Waals surface area contributed by atoms with Crippen LogP contribution in [0.1, 0.15) is 18.1 Å². The number of nitrogens with zero attached hydrogens (tertiary/aromatic N) is 4. The molecule has 28 heavy (non-hydrogen) atoms. The van der Waals surface area contributed by atoms with Gasteiger partial charge in [0.25, 0.3) is 0 Å². The Hall–Kier alpha value is -3.17. The highest BCUT2D eigenvalue weighted by atomic mass is 16.5. The zero-order chi connectivity index (χ0) is 19.5. The van der Waals surface area contributed by atoms with E-state index in [4.69, 9.17) is 4.74 Å². The lowest BCUT2D eigenvalue weighted by Gasteiger charge is -2.38. The lowest BCUT2D eigenvalue weighted by Crippen LogP contribution is -2.49. The van der Waals surface area contributed by atoms with E-state index in [1.807, 2.05) is 49.5 Å². The Bertz CT molecular complexity index is 1010. The molecule has 0 radical (unpaired) electrons.